The molecule has 0 spiro atoms. The number of rotatable bonds is 9. The molecule has 1 heterocycles. The molecule has 0 radical (unpaired) electrons. The minimum Gasteiger partial charge on any atom is -0.366 e. The van der Waals surface area contributed by atoms with E-state index in [0.29, 0.717) is 17.1 Å². The van der Waals surface area contributed by atoms with Crippen molar-refractivity contribution in [2.24, 2.45) is 5.73 Å². The van der Waals surface area contributed by atoms with E-state index in [2.05, 4.69) is 54.0 Å². The van der Waals surface area contributed by atoms with Crippen molar-refractivity contribution < 1.29 is 4.79 Å². The van der Waals surface area contributed by atoms with Gasteiger partial charge < -0.3 is 10.3 Å². The van der Waals surface area contributed by atoms with Crippen LogP contribution in [-0.2, 0) is 13.0 Å². The molecule has 0 aliphatic rings. The first-order chi connectivity index (χ1) is 16.5. The standard InChI is InChI=1S/C30H31ClN2O/c1-3-4-6-14-27-29(25-17-15-24(16-18-25)23-11-7-5-8-12-23)28(30(32)34)21(2)33(27)20-22-10-9-13-26(31)19-22/h5,7-13,15-19H,3-4,6,14,20H2,1-2H3,(H2,32,34). The van der Waals surface area contributed by atoms with E-state index in [1.165, 1.54) is 5.56 Å². The number of hydrogen-bond donors (Lipinski definition) is 1. The highest BCUT2D eigenvalue weighted by Crippen LogP contribution is 2.35. The maximum Gasteiger partial charge on any atom is 0.251 e. The molecule has 4 rings (SSSR count). The minimum absolute atomic E-state index is 0.388. The molecule has 174 valence electrons. The van der Waals surface area contributed by atoms with Crippen LogP contribution >= 0.6 is 11.6 Å². The Kier molecular flexibility index (Phi) is 7.54. The molecular formula is C30H31ClN2O. The van der Waals surface area contributed by atoms with Crippen molar-refractivity contribution in [2.75, 3.05) is 0 Å². The highest BCUT2D eigenvalue weighted by molar-refractivity contribution is 6.30. The first-order valence-corrected chi connectivity index (χ1v) is 12.3. The topological polar surface area (TPSA) is 48.0 Å². The summed E-state index contributed by atoms with van der Waals surface area (Å²) >= 11 is 6.26. The minimum atomic E-state index is -0.388. The van der Waals surface area contributed by atoms with E-state index >= 15 is 0 Å². The Labute approximate surface area is 207 Å². The fraction of sp³-hybridized carbons (Fsp3) is 0.233. The predicted octanol–water partition coefficient (Wildman–Crippen LogP) is 7.66. The van der Waals surface area contributed by atoms with Gasteiger partial charge in [0.05, 0.1) is 5.56 Å². The quantitative estimate of drug-likeness (QED) is 0.251. The molecule has 0 bridgehead atoms. The zero-order chi connectivity index (χ0) is 24.1. The number of hydrogen-bond acceptors (Lipinski definition) is 1. The van der Waals surface area contributed by atoms with E-state index in [0.717, 1.165) is 59.3 Å². The number of unbranched alkanes of at least 4 members (excludes halogenated alkanes) is 2. The lowest BCUT2D eigenvalue weighted by atomic mass is 9.95. The van der Waals surface area contributed by atoms with Crippen molar-refractivity contribution in [3.05, 3.63) is 106 Å². The Balaban J connectivity index is 1.83. The highest BCUT2D eigenvalue weighted by Gasteiger charge is 2.24. The van der Waals surface area contributed by atoms with Crippen LogP contribution in [-0.4, -0.2) is 10.5 Å². The molecule has 0 saturated heterocycles. The Bertz CT molecular complexity index is 1270. The average molecular weight is 471 g/mol. The van der Waals surface area contributed by atoms with Gasteiger partial charge >= 0.3 is 0 Å². The average Bonchev–Trinajstić information content (AvgIpc) is 3.11. The van der Waals surface area contributed by atoms with E-state index in [-0.39, 0.29) is 5.91 Å². The SMILES string of the molecule is CCCCCc1c(-c2ccc(-c3ccccc3)cc2)c(C(N)=O)c(C)n1Cc1cccc(Cl)c1. The Morgan fingerprint density at radius 2 is 1.56 bits per heavy atom. The van der Waals surface area contributed by atoms with Crippen LogP contribution in [0.4, 0.5) is 0 Å². The van der Waals surface area contributed by atoms with E-state index in [1.54, 1.807) is 0 Å². The smallest absolute Gasteiger partial charge is 0.251 e. The monoisotopic (exact) mass is 470 g/mol. The maximum absolute atomic E-state index is 12.7. The van der Waals surface area contributed by atoms with E-state index < -0.39 is 0 Å². The normalized spacial score (nSPS) is 11.0. The lowest BCUT2D eigenvalue weighted by Gasteiger charge is -2.14. The van der Waals surface area contributed by atoms with Gasteiger partial charge in [0.2, 0.25) is 0 Å². The molecule has 2 N–H and O–H groups in total. The summed E-state index contributed by atoms with van der Waals surface area (Å²) in [5.74, 6) is -0.388. The predicted molar refractivity (Wildman–Crippen MR) is 142 cm³/mol. The fourth-order valence-electron chi connectivity index (χ4n) is 4.70. The number of primary amides is 1. The summed E-state index contributed by atoms with van der Waals surface area (Å²) < 4.78 is 2.25. The number of benzene rings is 3. The van der Waals surface area contributed by atoms with Crippen LogP contribution in [0.25, 0.3) is 22.3 Å². The van der Waals surface area contributed by atoms with Gasteiger partial charge in [0.1, 0.15) is 0 Å². The van der Waals surface area contributed by atoms with Crippen LogP contribution in [0.5, 0.6) is 0 Å². The molecule has 0 saturated carbocycles. The number of nitrogens with two attached hydrogens (primary N) is 1. The molecule has 3 aromatic carbocycles. The van der Waals surface area contributed by atoms with Crippen molar-refractivity contribution in [1.82, 2.24) is 4.57 Å². The molecule has 1 amide bonds. The zero-order valence-corrected chi connectivity index (χ0v) is 20.6. The van der Waals surface area contributed by atoms with Gasteiger partial charge in [-0.2, -0.15) is 0 Å². The van der Waals surface area contributed by atoms with Crippen molar-refractivity contribution in [2.45, 2.75) is 46.1 Å². The van der Waals surface area contributed by atoms with Crippen LogP contribution in [0.1, 0.15) is 53.5 Å². The third-order valence-electron chi connectivity index (χ3n) is 6.41. The van der Waals surface area contributed by atoms with E-state index in [4.69, 9.17) is 17.3 Å². The Morgan fingerprint density at radius 1 is 0.882 bits per heavy atom. The molecule has 0 aliphatic carbocycles. The molecule has 1 aromatic heterocycles. The maximum atomic E-state index is 12.7. The van der Waals surface area contributed by atoms with Crippen LogP contribution < -0.4 is 5.73 Å². The molecule has 0 unspecified atom stereocenters. The number of amides is 1. The second kappa shape index (κ2) is 10.8. The molecular weight excluding hydrogens is 440 g/mol. The number of nitrogens with zero attached hydrogens (tertiary/aromatic N) is 1. The van der Waals surface area contributed by atoms with Crippen molar-refractivity contribution in [1.29, 1.82) is 0 Å². The summed E-state index contributed by atoms with van der Waals surface area (Å²) in [6.07, 6.45) is 4.22. The van der Waals surface area contributed by atoms with Crippen LogP contribution in [0.15, 0.2) is 78.9 Å². The second-order valence-electron chi connectivity index (χ2n) is 8.76. The molecule has 4 aromatic rings. The van der Waals surface area contributed by atoms with Crippen molar-refractivity contribution >= 4 is 17.5 Å². The van der Waals surface area contributed by atoms with Gasteiger partial charge in [-0.15, -0.1) is 0 Å². The zero-order valence-electron chi connectivity index (χ0n) is 19.9. The van der Waals surface area contributed by atoms with Gasteiger partial charge in [-0.05, 0) is 54.2 Å². The number of halogens is 1. The Morgan fingerprint density at radius 3 is 2.21 bits per heavy atom. The summed E-state index contributed by atoms with van der Waals surface area (Å²) in [6, 6.07) is 26.7. The van der Waals surface area contributed by atoms with E-state index in [1.807, 2.05) is 43.3 Å². The van der Waals surface area contributed by atoms with Gasteiger partial charge in [-0.25, -0.2) is 0 Å². The van der Waals surface area contributed by atoms with Crippen LogP contribution in [0.2, 0.25) is 5.02 Å². The third kappa shape index (κ3) is 5.10. The fourth-order valence-corrected chi connectivity index (χ4v) is 4.92. The van der Waals surface area contributed by atoms with Crippen molar-refractivity contribution in [3.63, 3.8) is 0 Å². The molecule has 3 nitrogen and oxygen atoms in total. The number of carbonyl (C=O) groups excluding carboxylic acids is 1. The first kappa shape index (κ1) is 23.8. The Hall–Kier alpha value is -3.30. The molecule has 4 heteroatoms. The summed E-state index contributed by atoms with van der Waals surface area (Å²) in [5.41, 5.74) is 14.0. The van der Waals surface area contributed by atoms with Crippen LogP contribution in [0, 0.1) is 6.92 Å². The summed E-state index contributed by atoms with van der Waals surface area (Å²) in [6.45, 7) is 4.85. The van der Waals surface area contributed by atoms with Crippen molar-refractivity contribution in [3.8, 4) is 22.3 Å². The molecule has 0 aliphatic heterocycles. The van der Waals surface area contributed by atoms with Gasteiger partial charge in [-0.1, -0.05) is 98.1 Å². The van der Waals surface area contributed by atoms with Gasteiger partial charge in [0.25, 0.3) is 5.91 Å². The molecule has 0 atom stereocenters. The summed E-state index contributed by atoms with van der Waals surface area (Å²) in [5, 5.41) is 0.710. The lowest BCUT2D eigenvalue weighted by Crippen LogP contribution is -2.13. The molecule has 34 heavy (non-hydrogen) atoms. The lowest BCUT2D eigenvalue weighted by molar-refractivity contribution is 0.1000. The largest absolute Gasteiger partial charge is 0.366 e. The first-order valence-electron chi connectivity index (χ1n) is 11.9. The van der Waals surface area contributed by atoms with Gasteiger partial charge in [0.15, 0.2) is 0 Å². The van der Waals surface area contributed by atoms with Crippen LogP contribution in [0.3, 0.4) is 0 Å². The third-order valence-corrected chi connectivity index (χ3v) is 6.64. The molecule has 0 fully saturated rings. The number of carbonyl (C=O) groups is 1. The summed E-state index contributed by atoms with van der Waals surface area (Å²) in [4.78, 5) is 12.7. The highest BCUT2D eigenvalue weighted by atomic mass is 35.5. The summed E-state index contributed by atoms with van der Waals surface area (Å²) in [7, 11) is 0. The second-order valence-corrected chi connectivity index (χ2v) is 9.20. The van der Waals surface area contributed by atoms with Gasteiger partial charge in [-0.3, -0.25) is 4.79 Å². The van der Waals surface area contributed by atoms with E-state index in [9.17, 15) is 4.79 Å². The van der Waals surface area contributed by atoms with Gasteiger partial charge in [0, 0.05) is 28.5 Å². The number of aromatic nitrogens is 1.